The molecule has 1 amide bonds. The fraction of sp³-hybridized carbons (Fsp3) is 0.600. The van der Waals surface area contributed by atoms with E-state index in [9.17, 15) is 9.59 Å². The largest absolute Gasteiger partial charge is 0.493 e. The third kappa shape index (κ3) is 4.90. The molecule has 6 nitrogen and oxygen atoms in total. The molecule has 1 N–H and O–H groups in total. The molecule has 0 radical (unpaired) electrons. The number of para-hydroxylation sites is 2. The van der Waals surface area contributed by atoms with Gasteiger partial charge >= 0.3 is 5.97 Å². The molecule has 1 aromatic rings. The van der Waals surface area contributed by atoms with Crippen molar-refractivity contribution in [3.8, 4) is 11.5 Å². The number of amides is 1. The molecule has 0 aromatic heterocycles. The molecule has 26 heavy (non-hydrogen) atoms. The Labute approximate surface area is 154 Å². The molecular weight excluding hydrogens is 334 g/mol. The first-order chi connectivity index (χ1) is 12.7. The van der Waals surface area contributed by atoms with Crippen LogP contribution in [0.1, 0.15) is 32.1 Å². The molecular formula is C20H27NO5. The highest BCUT2D eigenvalue weighted by Crippen LogP contribution is 2.49. The quantitative estimate of drug-likeness (QED) is 0.540. The van der Waals surface area contributed by atoms with Crippen molar-refractivity contribution in [1.29, 1.82) is 0 Å². The third-order valence-corrected chi connectivity index (χ3v) is 5.43. The predicted octanol–water partition coefficient (Wildman–Crippen LogP) is 2.56. The third-order valence-electron chi connectivity index (χ3n) is 5.43. The Hall–Kier alpha value is -2.24. The average Bonchev–Trinajstić information content (AvgIpc) is 3.27. The zero-order valence-electron chi connectivity index (χ0n) is 15.2. The van der Waals surface area contributed by atoms with Gasteiger partial charge in [0.2, 0.25) is 0 Å². The van der Waals surface area contributed by atoms with Crippen molar-refractivity contribution >= 4 is 11.9 Å². The molecule has 1 aromatic carbocycles. The van der Waals surface area contributed by atoms with Crippen LogP contribution in [0, 0.1) is 17.8 Å². The lowest BCUT2D eigenvalue weighted by Crippen LogP contribution is -2.32. The Bertz CT molecular complexity index is 632. The molecule has 2 aliphatic rings. The summed E-state index contributed by atoms with van der Waals surface area (Å²) >= 11 is 0. The SMILES string of the molecule is COc1ccccc1OCCNC(=O)COC(=O)C[C@@H]1C[C@@H]2CC[C@@H]1C2. The van der Waals surface area contributed by atoms with Crippen LogP contribution in [-0.2, 0) is 14.3 Å². The van der Waals surface area contributed by atoms with Crippen LogP contribution in [0.2, 0.25) is 0 Å². The summed E-state index contributed by atoms with van der Waals surface area (Å²) in [6.07, 6.45) is 5.42. The molecule has 2 bridgehead atoms. The number of rotatable bonds is 9. The van der Waals surface area contributed by atoms with Crippen LogP contribution in [0.25, 0.3) is 0 Å². The van der Waals surface area contributed by atoms with Crippen molar-refractivity contribution in [2.75, 3.05) is 26.9 Å². The Morgan fingerprint density at radius 1 is 1.15 bits per heavy atom. The molecule has 3 rings (SSSR count). The van der Waals surface area contributed by atoms with Gasteiger partial charge in [-0.25, -0.2) is 0 Å². The van der Waals surface area contributed by atoms with Crippen LogP contribution in [-0.4, -0.2) is 38.7 Å². The van der Waals surface area contributed by atoms with Crippen molar-refractivity contribution < 1.29 is 23.8 Å². The van der Waals surface area contributed by atoms with E-state index >= 15 is 0 Å². The molecule has 2 fully saturated rings. The predicted molar refractivity (Wildman–Crippen MR) is 96.0 cm³/mol. The van der Waals surface area contributed by atoms with Crippen LogP contribution >= 0.6 is 0 Å². The minimum atomic E-state index is -0.310. The van der Waals surface area contributed by atoms with Gasteiger partial charge < -0.3 is 19.5 Å². The molecule has 142 valence electrons. The first kappa shape index (κ1) is 18.5. The van der Waals surface area contributed by atoms with E-state index < -0.39 is 0 Å². The molecule has 2 saturated carbocycles. The van der Waals surface area contributed by atoms with E-state index in [1.165, 1.54) is 19.3 Å². The maximum Gasteiger partial charge on any atom is 0.306 e. The smallest absolute Gasteiger partial charge is 0.306 e. The van der Waals surface area contributed by atoms with E-state index in [4.69, 9.17) is 14.2 Å². The number of benzene rings is 1. The second-order valence-electron chi connectivity index (χ2n) is 7.15. The van der Waals surface area contributed by atoms with Crippen LogP contribution in [0.15, 0.2) is 24.3 Å². The Morgan fingerprint density at radius 2 is 1.96 bits per heavy atom. The summed E-state index contributed by atoms with van der Waals surface area (Å²) in [5.41, 5.74) is 0. The molecule has 0 spiro atoms. The minimum Gasteiger partial charge on any atom is -0.493 e. The van der Waals surface area contributed by atoms with E-state index in [0.717, 1.165) is 12.3 Å². The zero-order valence-corrected chi connectivity index (χ0v) is 15.2. The zero-order chi connectivity index (χ0) is 18.4. The van der Waals surface area contributed by atoms with Gasteiger partial charge in [-0.15, -0.1) is 0 Å². The summed E-state index contributed by atoms with van der Waals surface area (Å²) in [7, 11) is 1.58. The number of nitrogens with one attached hydrogen (secondary N) is 1. The molecule has 0 saturated heterocycles. The van der Waals surface area contributed by atoms with Crippen molar-refractivity contribution in [2.45, 2.75) is 32.1 Å². The summed E-state index contributed by atoms with van der Waals surface area (Å²) in [6, 6.07) is 7.33. The van der Waals surface area contributed by atoms with Crippen LogP contribution in [0.4, 0.5) is 0 Å². The van der Waals surface area contributed by atoms with Gasteiger partial charge in [-0.1, -0.05) is 18.6 Å². The number of esters is 1. The van der Waals surface area contributed by atoms with Gasteiger partial charge in [0.15, 0.2) is 18.1 Å². The van der Waals surface area contributed by atoms with Gasteiger partial charge in [-0.2, -0.15) is 0 Å². The fourth-order valence-electron chi connectivity index (χ4n) is 4.19. The van der Waals surface area contributed by atoms with Crippen molar-refractivity contribution in [2.24, 2.45) is 17.8 Å². The van der Waals surface area contributed by atoms with E-state index in [0.29, 0.717) is 42.9 Å². The lowest BCUT2D eigenvalue weighted by atomic mass is 9.86. The number of methoxy groups -OCH3 is 1. The fourth-order valence-corrected chi connectivity index (χ4v) is 4.19. The van der Waals surface area contributed by atoms with E-state index in [1.54, 1.807) is 13.2 Å². The summed E-state index contributed by atoms with van der Waals surface area (Å²) in [4.78, 5) is 23.7. The van der Waals surface area contributed by atoms with Crippen molar-refractivity contribution in [3.63, 3.8) is 0 Å². The maximum atomic E-state index is 11.9. The van der Waals surface area contributed by atoms with Gasteiger partial charge in [-0.3, -0.25) is 9.59 Å². The van der Waals surface area contributed by atoms with Crippen LogP contribution in [0.3, 0.4) is 0 Å². The van der Waals surface area contributed by atoms with Crippen molar-refractivity contribution in [1.82, 2.24) is 5.32 Å². The summed E-state index contributed by atoms with van der Waals surface area (Å²) < 4.78 is 15.9. The van der Waals surface area contributed by atoms with Crippen LogP contribution in [0.5, 0.6) is 11.5 Å². The number of carbonyl (C=O) groups excluding carboxylic acids is 2. The van der Waals surface area contributed by atoms with E-state index in [-0.39, 0.29) is 18.5 Å². The summed E-state index contributed by atoms with van der Waals surface area (Å²) in [6.45, 7) is 0.417. The molecule has 2 aliphatic carbocycles. The molecule has 0 unspecified atom stereocenters. The summed E-state index contributed by atoms with van der Waals surface area (Å²) in [5.74, 6) is 2.66. The molecule has 0 heterocycles. The molecule has 0 aliphatic heterocycles. The topological polar surface area (TPSA) is 73.9 Å². The second kappa shape index (κ2) is 8.92. The lowest BCUT2D eigenvalue weighted by molar-refractivity contribution is -0.149. The Balaban J connectivity index is 1.27. The Kier molecular flexibility index (Phi) is 6.36. The first-order valence-electron chi connectivity index (χ1n) is 9.34. The summed E-state index contributed by atoms with van der Waals surface area (Å²) in [5, 5.41) is 2.68. The highest BCUT2D eigenvalue weighted by atomic mass is 16.5. The second-order valence-corrected chi connectivity index (χ2v) is 7.15. The highest BCUT2D eigenvalue weighted by Gasteiger charge is 2.40. The number of carbonyl (C=O) groups is 2. The van der Waals surface area contributed by atoms with E-state index in [1.807, 2.05) is 18.2 Å². The number of hydrogen-bond donors (Lipinski definition) is 1. The standard InChI is InChI=1S/C20H27NO5/c1-24-17-4-2-3-5-18(17)25-9-8-21-19(22)13-26-20(23)12-16-11-14-6-7-15(16)10-14/h2-5,14-16H,6-13H2,1H3,(H,21,22)/t14-,15-,16+/m1/s1. The molecule has 3 atom stereocenters. The number of ether oxygens (including phenoxy) is 3. The normalized spacial score (nSPS) is 23.5. The van der Waals surface area contributed by atoms with E-state index in [2.05, 4.69) is 5.32 Å². The highest BCUT2D eigenvalue weighted by molar-refractivity contribution is 5.80. The van der Waals surface area contributed by atoms with Crippen molar-refractivity contribution in [3.05, 3.63) is 24.3 Å². The van der Waals surface area contributed by atoms with Gasteiger partial charge in [0, 0.05) is 6.42 Å². The monoisotopic (exact) mass is 361 g/mol. The van der Waals surface area contributed by atoms with Gasteiger partial charge in [0.25, 0.3) is 5.91 Å². The average molecular weight is 361 g/mol. The van der Waals surface area contributed by atoms with Gasteiger partial charge in [-0.05, 0) is 49.1 Å². The van der Waals surface area contributed by atoms with Gasteiger partial charge in [0.1, 0.15) is 6.61 Å². The Morgan fingerprint density at radius 3 is 2.65 bits per heavy atom. The lowest BCUT2D eigenvalue weighted by Gasteiger charge is -2.20. The maximum absolute atomic E-state index is 11.9. The number of hydrogen-bond acceptors (Lipinski definition) is 5. The number of fused-ring (bicyclic) bond motifs is 2. The minimum absolute atomic E-state index is 0.228. The van der Waals surface area contributed by atoms with Crippen LogP contribution < -0.4 is 14.8 Å². The first-order valence-corrected chi connectivity index (χ1v) is 9.34. The van der Waals surface area contributed by atoms with Gasteiger partial charge in [0.05, 0.1) is 13.7 Å². The molecule has 6 heteroatoms.